The van der Waals surface area contributed by atoms with Gasteiger partial charge in [0, 0.05) is 0 Å². The molecule has 146 valence electrons. The van der Waals surface area contributed by atoms with Crippen LogP contribution in [0, 0.1) is 5.41 Å². The average molecular weight is 465 g/mol. The molecule has 0 atom stereocenters. The van der Waals surface area contributed by atoms with E-state index in [4.69, 9.17) is 16.9 Å². The van der Waals surface area contributed by atoms with E-state index in [1.54, 1.807) is 3.58 Å². The van der Waals surface area contributed by atoms with Crippen LogP contribution in [0.5, 0.6) is 0 Å². The molecule has 0 unspecified atom stereocenters. The van der Waals surface area contributed by atoms with E-state index in [0.29, 0.717) is 12.4 Å². The van der Waals surface area contributed by atoms with Crippen molar-refractivity contribution in [2.24, 2.45) is 16.5 Å². The minimum atomic E-state index is -2.35. The normalized spacial score (nSPS) is 12.3. The van der Waals surface area contributed by atoms with Crippen molar-refractivity contribution in [1.29, 1.82) is 5.41 Å². The third-order valence-corrected chi connectivity index (χ3v) is 21.1. The van der Waals surface area contributed by atoms with Crippen LogP contribution in [0.1, 0.15) is 64.9 Å². The van der Waals surface area contributed by atoms with Crippen molar-refractivity contribution >= 4 is 33.6 Å². The zero-order chi connectivity index (χ0) is 19.4. The molecular formula is C21H38N4Sn. The second kappa shape index (κ2) is 12.4. The Bertz CT molecular complexity index is 575. The fraction of sp³-hybridized carbons (Fsp3) is 0.619. The van der Waals surface area contributed by atoms with Crippen LogP contribution in [-0.2, 0) is 6.54 Å². The molecule has 1 rings (SSSR count). The van der Waals surface area contributed by atoms with Gasteiger partial charge in [-0.25, -0.2) is 0 Å². The van der Waals surface area contributed by atoms with Crippen molar-refractivity contribution in [2.75, 3.05) is 0 Å². The minimum absolute atomic E-state index is 0.0669. The van der Waals surface area contributed by atoms with Gasteiger partial charge in [-0.1, -0.05) is 0 Å². The van der Waals surface area contributed by atoms with Crippen LogP contribution in [0.2, 0.25) is 13.3 Å². The monoisotopic (exact) mass is 466 g/mol. The zero-order valence-electron chi connectivity index (χ0n) is 17.0. The molecular weight excluding hydrogens is 427 g/mol. The molecule has 0 saturated heterocycles. The molecule has 1 aromatic rings. The van der Waals surface area contributed by atoms with Gasteiger partial charge in [-0.15, -0.1) is 0 Å². The van der Waals surface area contributed by atoms with Gasteiger partial charge >= 0.3 is 164 Å². The molecule has 0 aliphatic carbocycles. The van der Waals surface area contributed by atoms with Gasteiger partial charge in [0.25, 0.3) is 0 Å². The van der Waals surface area contributed by atoms with E-state index in [9.17, 15) is 0 Å². The molecule has 0 aromatic heterocycles. The molecule has 4 nitrogen and oxygen atoms in total. The summed E-state index contributed by atoms with van der Waals surface area (Å²) in [6.07, 6.45) is 6.88. The van der Waals surface area contributed by atoms with Crippen LogP contribution in [-0.4, -0.2) is 30.0 Å². The van der Waals surface area contributed by atoms with E-state index >= 15 is 0 Å². The first-order valence-electron chi connectivity index (χ1n) is 10.2. The van der Waals surface area contributed by atoms with Crippen LogP contribution in [0.15, 0.2) is 29.3 Å². The van der Waals surface area contributed by atoms with E-state index in [2.05, 4.69) is 50.0 Å². The fourth-order valence-corrected chi connectivity index (χ4v) is 19.7. The SMILES string of the molecule is CCC[CH2][Sn]([CH2]CC)([CH2]CCC)[c]1cccc(CN=C(N)CC(=N)N)c1. The Morgan fingerprint density at radius 1 is 1.00 bits per heavy atom. The Morgan fingerprint density at radius 2 is 1.65 bits per heavy atom. The summed E-state index contributed by atoms with van der Waals surface area (Å²) in [5.74, 6) is 0.514. The van der Waals surface area contributed by atoms with Gasteiger partial charge in [0.2, 0.25) is 0 Å². The summed E-state index contributed by atoms with van der Waals surface area (Å²) in [4.78, 5) is 4.42. The van der Waals surface area contributed by atoms with Crippen LogP contribution in [0.25, 0.3) is 0 Å². The summed E-state index contributed by atoms with van der Waals surface area (Å²) >= 11 is -2.35. The number of rotatable bonds is 13. The van der Waals surface area contributed by atoms with Crippen molar-refractivity contribution in [3.63, 3.8) is 0 Å². The standard InChI is InChI=1S/C10H13N4.2C4H9.C3H7.Sn/c11-9(12)6-10(13)14-7-8-4-2-1-3-5-8;2*1-3-4-2;1-3-2;/h1-2,4-5H,6-7H2,(H3,11,12)(H2,13,14);2*1,3-4H2,2H3;1,3H2,2H3;. The molecule has 1 aromatic carbocycles. The average Bonchev–Trinajstić information content (AvgIpc) is 2.62. The molecule has 0 heterocycles. The van der Waals surface area contributed by atoms with Crippen LogP contribution in [0.4, 0.5) is 0 Å². The van der Waals surface area contributed by atoms with Crippen LogP contribution < -0.4 is 15.0 Å². The van der Waals surface area contributed by atoms with Crippen molar-refractivity contribution in [3.8, 4) is 0 Å². The number of nitrogens with two attached hydrogens (primary N) is 2. The van der Waals surface area contributed by atoms with Gasteiger partial charge in [-0.3, -0.25) is 0 Å². The quantitative estimate of drug-likeness (QED) is 0.227. The summed E-state index contributed by atoms with van der Waals surface area (Å²) in [7, 11) is 0. The van der Waals surface area contributed by atoms with Gasteiger partial charge in [0.05, 0.1) is 0 Å². The Morgan fingerprint density at radius 3 is 2.19 bits per heavy atom. The summed E-state index contributed by atoms with van der Waals surface area (Å²) in [5, 5.41) is 7.32. The molecule has 0 aliphatic rings. The summed E-state index contributed by atoms with van der Waals surface area (Å²) < 4.78 is 6.06. The van der Waals surface area contributed by atoms with Crippen molar-refractivity contribution in [3.05, 3.63) is 29.8 Å². The van der Waals surface area contributed by atoms with E-state index in [0.717, 1.165) is 0 Å². The first kappa shape index (κ1) is 23.0. The number of hydrogen-bond acceptors (Lipinski definition) is 2. The van der Waals surface area contributed by atoms with Crippen molar-refractivity contribution < 1.29 is 0 Å². The third-order valence-electron chi connectivity index (χ3n) is 5.12. The second-order valence-corrected chi connectivity index (χ2v) is 20.7. The Balaban J connectivity index is 3.07. The fourth-order valence-electron chi connectivity index (χ4n) is 3.76. The molecule has 0 fully saturated rings. The first-order valence-corrected chi connectivity index (χ1v) is 17.7. The molecule has 0 saturated carbocycles. The molecule has 26 heavy (non-hydrogen) atoms. The van der Waals surface area contributed by atoms with E-state index in [1.165, 1.54) is 51.0 Å². The molecule has 0 bridgehead atoms. The number of hydrogen-bond donors (Lipinski definition) is 3. The van der Waals surface area contributed by atoms with Gasteiger partial charge < -0.3 is 0 Å². The molecule has 0 aliphatic heterocycles. The maximum absolute atomic E-state index is 7.32. The zero-order valence-corrected chi connectivity index (χ0v) is 19.8. The first-order chi connectivity index (χ1) is 12.5. The van der Waals surface area contributed by atoms with Crippen LogP contribution >= 0.6 is 0 Å². The van der Waals surface area contributed by atoms with E-state index in [-0.39, 0.29) is 12.3 Å². The van der Waals surface area contributed by atoms with Gasteiger partial charge in [0.15, 0.2) is 0 Å². The van der Waals surface area contributed by atoms with Gasteiger partial charge in [-0.05, 0) is 0 Å². The summed E-state index contributed by atoms with van der Waals surface area (Å²) in [5.41, 5.74) is 12.5. The number of nitrogens with zero attached hydrogens (tertiary/aromatic N) is 1. The predicted octanol–water partition coefficient (Wildman–Crippen LogP) is 4.54. The van der Waals surface area contributed by atoms with Crippen LogP contribution in [0.3, 0.4) is 0 Å². The molecule has 5 N–H and O–H groups in total. The Labute approximate surface area is 164 Å². The molecule has 0 amide bonds. The summed E-state index contributed by atoms with van der Waals surface area (Å²) in [6.45, 7) is 7.55. The van der Waals surface area contributed by atoms with E-state index in [1.807, 2.05) is 0 Å². The number of unbranched alkanes of at least 4 members (excludes halogenated alkanes) is 2. The number of nitrogens with one attached hydrogen (secondary N) is 1. The Kier molecular flexibility index (Phi) is 10.9. The van der Waals surface area contributed by atoms with E-state index < -0.39 is 18.4 Å². The van der Waals surface area contributed by atoms with Crippen molar-refractivity contribution in [1.82, 2.24) is 0 Å². The molecule has 0 radical (unpaired) electrons. The Hall–Kier alpha value is -1.04. The summed E-state index contributed by atoms with van der Waals surface area (Å²) in [6, 6.07) is 9.17. The van der Waals surface area contributed by atoms with Gasteiger partial charge in [0.1, 0.15) is 0 Å². The second-order valence-electron chi connectivity index (χ2n) is 7.45. The van der Waals surface area contributed by atoms with Crippen molar-refractivity contribution in [2.45, 2.75) is 79.2 Å². The maximum atomic E-state index is 7.32. The topological polar surface area (TPSA) is 88.2 Å². The number of amidine groups is 2. The molecule has 5 heteroatoms. The van der Waals surface area contributed by atoms with Gasteiger partial charge in [-0.2, -0.15) is 0 Å². The predicted molar refractivity (Wildman–Crippen MR) is 118 cm³/mol. The number of aliphatic imine (C=N–C) groups is 1. The third kappa shape index (κ3) is 7.68. The molecule has 0 spiro atoms. The number of benzene rings is 1.